The molecule has 124 valence electrons. The van der Waals surface area contributed by atoms with Crippen LogP contribution < -0.4 is 14.9 Å². The summed E-state index contributed by atoms with van der Waals surface area (Å²) in [5, 5.41) is 14.1. The van der Waals surface area contributed by atoms with Crippen molar-refractivity contribution in [3.63, 3.8) is 0 Å². The van der Waals surface area contributed by atoms with Crippen LogP contribution in [0.3, 0.4) is 0 Å². The summed E-state index contributed by atoms with van der Waals surface area (Å²) in [6, 6.07) is 9.99. The molecule has 0 atom stereocenters. The molecule has 0 radical (unpaired) electrons. The number of fused-ring (bicyclic) bond motifs is 1. The van der Waals surface area contributed by atoms with Crippen LogP contribution in [0.1, 0.15) is 29.3 Å². The number of hydrazone groups is 1. The second kappa shape index (κ2) is 6.92. The van der Waals surface area contributed by atoms with Crippen molar-refractivity contribution in [2.24, 2.45) is 5.10 Å². The SMILES string of the molecule is CC/C(=N\NC(=O)c1ccc2c(c1)OCO2)c1cc(Br)ccc1O. The standard InChI is InChI=1S/C17H15BrN2O4/c1-2-13(12-8-11(18)4-5-14(12)21)19-20-17(22)10-3-6-15-16(7-10)24-9-23-15/h3-8,21H,2,9H2,1H3,(H,20,22)/b19-13+. The van der Waals surface area contributed by atoms with Gasteiger partial charge in [0.25, 0.3) is 5.91 Å². The van der Waals surface area contributed by atoms with Gasteiger partial charge in [-0.3, -0.25) is 4.79 Å². The maximum Gasteiger partial charge on any atom is 0.271 e. The lowest BCUT2D eigenvalue weighted by Gasteiger charge is -2.08. The summed E-state index contributed by atoms with van der Waals surface area (Å²) in [7, 11) is 0. The largest absolute Gasteiger partial charge is 0.507 e. The molecular formula is C17H15BrN2O4. The second-order valence-electron chi connectivity index (χ2n) is 5.08. The van der Waals surface area contributed by atoms with Crippen LogP contribution in [0.2, 0.25) is 0 Å². The zero-order chi connectivity index (χ0) is 17.1. The summed E-state index contributed by atoms with van der Waals surface area (Å²) in [6.07, 6.45) is 0.547. The van der Waals surface area contributed by atoms with Gasteiger partial charge in [0.05, 0.1) is 5.71 Å². The van der Waals surface area contributed by atoms with Gasteiger partial charge in [-0.25, -0.2) is 5.43 Å². The van der Waals surface area contributed by atoms with Crippen LogP contribution in [0, 0.1) is 0 Å². The number of phenolic OH excluding ortho intramolecular Hbond substituents is 1. The molecule has 2 aromatic rings. The fraction of sp³-hybridized carbons (Fsp3) is 0.176. The van der Waals surface area contributed by atoms with Gasteiger partial charge in [0.15, 0.2) is 11.5 Å². The average Bonchev–Trinajstić information content (AvgIpc) is 3.05. The molecule has 3 rings (SSSR count). The normalized spacial score (nSPS) is 13.0. The number of aromatic hydroxyl groups is 1. The molecule has 0 fully saturated rings. The Kier molecular flexibility index (Phi) is 4.71. The zero-order valence-electron chi connectivity index (χ0n) is 12.9. The minimum atomic E-state index is -0.367. The van der Waals surface area contributed by atoms with Crippen LogP contribution in [-0.4, -0.2) is 23.5 Å². The van der Waals surface area contributed by atoms with E-state index in [2.05, 4.69) is 26.5 Å². The fourth-order valence-electron chi connectivity index (χ4n) is 2.29. The van der Waals surface area contributed by atoms with Crippen LogP contribution in [0.5, 0.6) is 17.2 Å². The number of rotatable bonds is 4. The zero-order valence-corrected chi connectivity index (χ0v) is 14.5. The lowest BCUT2D eigenvalue weighted by molar-refractivity contribution is 0.0954. The topological polar surface area (TPSA) is 80.2 Å². The van der Waals surface area contributed by atoms with Crippen molar-refractivity contribution in [3.8, 4) is 17.2 Å². The Morgan fingerprint density at radius 1 is 1.25 bits per heavy atom. The monoisotopic (exact) mass is 390 g/mol. The second-order valence-corrected chi connectivity index (χ2v) is 6.00. The minimum absolute atomic E-state index is 0.108. The summed E-state index contributed by atoms with van der Waals surface area (Å²) >= 11 is 3.36. The predicted octanol–water partition coefficient (Wildman–Crippen LogP) is 3.43. The Balaban J connectivity index is 1.80. The number of ether oxygens (including phenoxy) is 2. The number of halogens is 1. The summed E-state index contributed by atoms with van der Waals surface area (Å²) in [5.41, 5.74) is 4.07. The van der Waals surface area contributed by atoms with Crippen molar-refractivity contribution in [3.05, 3.63) is 52.0 Å². The molecule has 6 nitrogen and oxygen atoms in total. The lowest BCUT2D eigenvalue weighted by Crippen LogP contribution is -2.20. The third-order valence-electron chi connectivity index (χ3n) is 3.53. The number of nitrogens with zero attached hydrogens (tertiary/aromatic N) is 1. The molecule has 0 aliphatic carbocycles. The Hall–Kier alpha value is -2.54. The quantitative estimate of drug-likeness (QED) is 0.618. The van der Waals surface area contributed by atoms with Crippen molar-refractivity contribution in [2.75, 3.05) is 6.79 Å². The van der Waals surface area contributed by atoms with E-state index in [1.165, 1.54) is 0 Å². The first-order valence-electron chi connectivity index (χ1n) is 7.34. The molecule has 0 saturated carbocycles. The van der Waals surface area contributed by atoms with Gasteiger partial charge >= 0.3 is 0 Å². The molecule has 0 unspecified atom stereocenters. The maximum atomic E-state index is 12.3. The number of benzene rings is 2. The average molecular weight is 391 g/mol. The van der Waals surface area contributed by atoms with Gasteiger partial charge < -0.3 is 14.6 Å². The van der Waals surface area contributed by atoms with E-state index in [-0.39, 0.29) is 18.4 Å². The summed E-state index contributed by atoms with van der Waals surface area (Å²) in [6.45, 7) is 2.05. The van der Waals surface area contributed by atoms with Crippen LogP contribution in [-0.2, 0) is 0 Å². The highest BCUT2D eigenvalue weighted by atomic mass is 79.9. The van der Waals surface area contributed by atoms with E-state index in [9.17, 15) is 9.90 Å². The number of carbonyl (C=O) groups excluding carboxylic acids is 1. The highest BCUT2D eigenvalue weighted by molar-refractivity contribution is 9.10. The fourth-order valence-corrected chi connectivity index (χ4v) is 2.65. The van der Waals surface area contributed by atoms with Gasteiger partial charge in [0.1, 0.15) is 5.75 Å². The molecule has 24 heavy (non-hydrogen) atoms. The van der Waals surface area contributed by atoms with Gasteiger partial charge in [0, 0.05) is 15.6 Å². The van der Waals surface area contributed by atoms with Gasteiger partial charge in [-0.1, -0.05) is 22.9 Å². The minimum Gasteiger partial charge on any atom is -0.507 e. The van der Waals surface area contributed by atoms with E-state index in [1.807, 2.05) is 6.92 Å². The maximum absolute atomic E-state index is 12.3. The van der Waals surface area contributed by atoms with Crippen molar-refractivity contribution >= 4 is 27.5 Å². The van der Waals surface area contributed by atoms with Gasteiger partial charge in [-0.15, -0.1) is 0 Å². The van der Waals surface area contributed by atoms with Gasteiger partial charge in [-0.05, 0) is 42.8 Å². The van der Waals surface area contributed by atoms with E-state index in [0.29, 0.717) is 34.8 Å². The van der Waals surface area contributed by atoms with Crippen LogP contribution in [0.4, 0.5) is 0 Å². The predicted molar refractivity (Wildman–Crippen MR) is 92.7 cm³/mol. The summed E-state index contributed by atoms with van der Waals surface area (Å²) < 4.78 is 11.3. The highest BCUT2D eigenvalue weighted by Gasteiger charge is 2.16. The van der Waals surface area contributed by atoms with E-state index in [1.54, 1.807) is 36.4 Å². The van der Waals surface area contributed by atoms with Crippen molar-refractivity contribution < 1.29 is 19.4 Å². The Bertz CT molecular complexity index is 820. The molecule has 2 aromatic carbocycles. The number of carbonyl (C=O) groups is 1. The number of amides is 1. The third-order valence-corrected chi connectivity index (χ3v) is 4.02. The molecule has 7 heteroatoms. The van der Waals surface area contributed by atoms with E-state index in [0.717, 1.165) is 4.47 Å². The van der Waals surface area contributed by atoms with Crippen LogP contribution >= 0.6 is 15.9 Å². The van der Waals surface area contributed by atoms with E-state index in [4.69, 9.17) is 9.47 Å². The lowest BCUT2D eigenvalue weighted by atomic mass is 10.1. The van der Waals surface area contributed by atoms with Gasteiger partial charge in [-0.2, -0.15) is 5.10 Å². The Labute approximate surface area is 147 Å². The number of nitrogens with one attached hydrogen (secondary N) is 1. The molecule has 0 spiro atoms. The van der Waals surface area contributed by atoms with Gasteiger partial charge in [0.2, 0.25) is 6.79 Å². The number of hydrogen-bond donors (Lipinski definition) is 2. The Morgan fingerprint density at radius 2 is 2.04 bits per heavy atom. The van der Waals surface area contributed by atoms with Crippen LogP contribution in [0.15, 0.2) is 46.0 Å². The highest BCUT2D eigenvalue weighted by Crippen LogP contribution is 2.32. The first-order valence-corrected chi connectivity index (χ1v) is 8.13. The van der Waals surface area contributed by atoms with Crippen LogP contribution in [0.25, 0.3) is 0 Å². The third kappa shape index (κ3) is 3.35. The molecule has 0 aromatic heterocycles. The number of hydrogen-bond acceptors (Lipinski definition) is 5. The first-order chi connectivity index (χ1) is 11.6. The molecule has 1 aliphatic rings. The first kappa shape index (κ1) is 16.3. The molecule has 1 aliphatic heterocycles. The van der Waals surface area contributed by atoms with E-state index < -0.39 is 0 Å². The van der Waals surface area contributed by atoms with Crippen molar-refractivity contribution in [1.82, 2.24) is 5.43 Å². The van der Waals surface area contributed by atoms with Crippen molar-refractivity contribution in [1.29, 1.82) is 0 Å². The van der Waals surface area contributed by atoms with Crippen molar-refractivity contribution in [2.45, 2.75) is 13.3 Å². The number of phenols is 1. The molecule has 2 N–H and O–H groups in total. The molecule has 1 heterocycles. The molecular weight excluding hydrogens is 376 g/mol. The molecule has 0 saturated heterocycles. The summed E-state index contributed by atoms with van der Waals surface area (Å²) in [5.74, 6) is 0.889. The smallest absolute Gasteiger partial charge is 0.271 e. The summed E-state index contributed by atoms with van der Waals surface area (Å²) in [4.78, 5) is 12.3. The van der Waals surface area contributed by atoms with E-state index >= 15 is 0 Å². The molecule has 0 bridgehead atoms. The molecule has 1 amide bonds. The Morgan fingerprint density at radius 3 is 2.83 bits per heavy atom.